The minimum Gasteiger partial charge on any atom is -0.443 e. The number of aromatic nitrogens is 1. The highest BCUT2D eigenvalue weighted by atomic mass is 16.5. The van der Waals surface area contributed by atoms with Gasteiger partial charge < -0.3 is 24.7 Å². The second kappa shape index (κ2) is 9.20. The largest absolute Gasteiger partial charge is 0.443 e. The van der Waals surface area contributed by atoms with E-state index in [0.717, 1.165) is 50.8 Å². The normalized spacial score (nSPS) is 17.7. The van der Waals surface area contributed by atoms with Gasteiger partial charge in [-0.2, -0.15) is 0 Å². The zero-order valence-corrected chi connectivity index (χ0v) is 16.3. The summed E-state index contributed by atoms with van der Waals surface area (Å²) in [4.78, 5) is 11.1. The first-order valence-corrected chi connectivity index (χ1v) is 9.06. The van der Waals surface area contributed by atoms with E-state index in [4.69, 9.17) is 9.15 Å². The highest BCUT2D eigenvalue weighted by Crippen LogP contribution is 2.22. The van der Waals surface area contributed by atoms with Gasteiger partial charge in [-0.05, 0) is 12.8 Å². The average molecular weight is 351 g/mol. The number of oxazole rings is 1. The number of nitrogens with one attached hydrogen (secondary N) is 2. The summed E-state index contributed by atoms with van der Waals surface area (Å²) < 4.78 is 11.0. The summed E-state index contributed by atoms with van der Waals surface area (Å²) in [6, 6.07) is 0.444. The molecule has 7 nitrogen and oxygen atoms in total. The van der Waals surface area contributed by atoms with E-state index in [1.165, 1.54) is 0 Å². The van der Waals surface area contributed by atoms with Gasteiger partial charge in [0, 0.05) is 45.2 Å². The Balaban J connectivity index is 1.75. The molecule has 0 amide bonds. The van der Waals surface area contributed by atoms with Gasteiger partial charge in [-0.25, -0.2) is 4.98 Å². The Morgan fingerprint density at radius 3 is 2.68 bits per heavy atom. The maximum atomic E-state index is 5.81. The van der Waals surface area contributed by atoms with E-state index in [1.54, 1.807) is 14.2 Å². The van der Waals surface area contributed by atoms with Gasteiger partial charge in [0.1, 0.15) is 5.76 Å². The molecule has 2 rings (SSSR count). The van der Waals surface area contributed by atoms with Crippen molar-refractivity contribution in [3.8, 4) is 0 Å². The number of rotatable bonds is 6. The first-order chi connectivity index (χ1) is 11.9. The molecular weight excluding hydrogens is 318 g/mol. The fourth-order valence-corrected chi connectivity index (χ4v) is 2.81. The summed E-state index contributed by atoms with van der Waals surface area (Å²) in [5.41, 5.74) is -0.0258. The summed E-state index contributed by atoms with van der Waals surface area (Å²) in [5, 5.41) is 6.79. The molecule has 1 aromatic rings. The molecule has 1 fully saturated rings. The van der Waals surface area contributed by atoms with Crippen molar-refractivity contribution >= 4 is 5.96 Å². The number of guanidine groups is 1. The molecule has 2 heterocycles. The van der Waals surface area contributed by atoms with Crippen LogP contribution < -0.4 is 10.6 Å². The predicted molar refractivity (Wildman–Crippen MR) is 99.9 cm³/mol. The zero-order chi connectivity index (χ0) is 18.3. The molecule has 0 aliphatic carbocycles. The number of methoxy groups -OCH3 is 1. The standard InChI is InChI=1S/C18H33N5O2/c1-18(2,3)15-12-20-16(25-15)13-21-17(19-4)22-14-6-8-23(9-7-14)10-11-24-5/h12,14H,6-11,13H2,1-5H3,(H2,19,21,22). The quantitative estimate of drug-likeness (QED) is 0.601. The molecule has 0 radical (unpaired) electrons. The van der Waals surface area contributed by atoms with Gasteiger partial charge in [-0.15, -0.1) is 0 Å². The summed E-state index contributed by atoms with van der Waals surface area (Å²) in [7, 11) is 3.54. The molecule has 1 aromatic heterocycles. The van der Waals surface area contributed by atoms with Crippen LogP contribution in [0.5, 0.6) is 0 Å². The molecule has 0 bridgehead atoms. The second-order valence-electron chi connectivity index (χ2n) is 7.55. The fourth-order valence-electron chi connectivity index (χ4n) is 2.81. The van der Waals surface area contributed by atoms with Gasteiger partial charge in [0.2, 0.25) is 5.89 Å². The van der Waals surface area contributed by atoms with Crippen LogP contribution in [-0.2, 0) is 16.7 Å². The Bertz CT molecular complexity index is 542. The molecule has 1 aliphatic heterocycles. The van der Waals surface area contributed by atoms with Crippen LogP contribution in [0.2, 0.25) is 0 Å². The van der Waals surface area contributed by atoms with Crippen molar-refractivity contribution in [1.29, 1.82) is 0 Å². The van der Waals surface area contributed by atoms with Crippen LogP contribution in [0, 0.1) is 0 Å². The first kappa shape index (κ1) is 19.7. The molecule has 1 aliphatic rings. The van der Waals surface area contributed by atoms with E-state index in [-0.39, 0.29) is 5.41 Å². The third-order valence-corrected chi connectivity index (χ3v) is 4.46. The van der Waals surface area contributed by atoms with Gasteiger partial charge in [-0.1, -0.05) is 20.8 Å². The van der Waals surface area contributed by atoms with E-state index in [1.807, 2.05) is 6.20 Å². The molecule has 7 heteroatoms. The number of aliphatic imine (C=N–C) groups is 1. The van der Waals surface area contributed by atoms with Gasteiger partial charge in [-0.3, -0.25) is 4.99 Å². The van der Waals surface area contributed by atoms with Crippen LogP contribution in [0.15, 0.2) is 15.6 Å². The topological polar surface area (TPSA) is 74.9 Å². The van der Waals surface area contributed by atoms with Crippen molar-refractivity contribution in [1.82, 2.24) is 20.5 Å². The Morgan fingerprint density at radius 1 is 1.40 bits per heavy atom. The lowest BCUT2D eigenvalue weighted by Gasteiger charge is -2.32. The fraction of sp³-hybridized carbons (Fsp3) is 0.778. The van der Waals surface area contributed by atoms with Gasteiger partial charge in [0.05, 0.1) is 19.3 Å². The summed E-state index contributed by atoms with van der Waals surface area (Å²) in [6.45, 7) is 10.9. The Labute approximate surface area is 151 Å². The number of hydrogen-bond donors (Lipinski definition) is 2. The number of nitrogens with zero attached hydrogens (tertiary/aromatic N) is 3. The van der Waals surface area contributed by atoms with E-state index in [2.05, 4.69) is 46.3 Å². The minimum atomic E-state index is -0.0258. The molecular formula is C18H33N5O2. The zero-order valence-electron chi connectivity index (χ0n) is 16.3. The van der Waals surface area contributed by atoms with Gasteiger partial charge >= 0.3 is 0 Å². The molecule has 0 unspecified atom stereocenters. The van der Waals surface area contributed by atoms with Crippen molar-refractivity contribution in [2.75, 3.05) is 40.4 Å². The Kier molecular flexibility index (Phi) is 7.25. The Hall–Kier alpha value is -1.60. The van der Waals surface area contributed by atoms with Crippen LogP contribution in [0.4, 0.5) is 0 Å². The van der Waals surface area contributed by atoms with Crippen LogP contribution in [0.3, 0.4) is 0 Å². The van der Waals surface area contributed by atoms with Crippen molar-refractivity contribution in [3.63, 3.8) is 0 Å². The lowest BCUT2D eigenvalue weighted by molar-refractivity contribution is 0.128. The van der Waals surface area contributed by atoms with Crippen LogP contribution in [0.25, 0.3) is 0 Å². The molecule has 0 spiro atoms. The van der Waals surface area contributed by atoms with Crippen molar-refractivity contribution in [3.05, 3.63) is 17.8 Å². The summed E-state index contributed by atoms with van der Waals surface area (Å²) in [5.74, 6) is 2.38. The Morgan fingerprint density at radius 2 is 2.12 bits per heavy atom. The van der Waals surface area contributed by atoms with E-state index >= 15 is 0 Å². The second-order valence-corrected chi connectivity index (χ2v) is 7.55. The number of piperidine rings is 1. The van der Waals surface area contributed by atoms with E-state index < -0.39 is 0 Å². The van der Waals surface area contributed by atoms with Gasteiger partial charge in [0.15, 0.2) is 5.96 Å². The molecule has 0 aromatic carbocycles. The third-order valence-electron chi connectivity index (χ3n) is 4.46. The maximum Gasteiger partial charge on any atom is 0.213 e. The van der Waals surface area contributed by atoms with E-state index in [9.17, 15) is 0 Å². The lowest BCUT2D eigenvalue weighted by atomic mass is 9.94. The maximum absolute atomic E-state index is 5.81. The minimum absolute atomic E-state index is 0.0258. The van der Waals surface area contributed by atoms with Crippen LogP contribution in [0.1, 0.15) is 45.3 Å². The van der Waals surface area contributed by atoms with Crippen molar-refractivity contribution in [2.45, 2.75) is 51.6 Å². The first-order valence-electron chi connectivity index (χ1n) is 9.06. The number of likely N-dealkylation sites (tertiary alicyclic amines) is 1. The lowest BCUT2D eigenvalue weighted by Crippen LogP contribution is -2.48. The number of ether oxygens (including phenoxy) is 1. The van der Waals surface area contributed by atoms with Gasteiger partial charge in [0.25, 0.3) is 0 Å². The van der Waals surface area contributed by atoms with Crippen LogP contribution in [-0.4, -0.2) is 62.3 Å². The molecule has 25 heavy (non-hydrogen) atoms. The van der Waals surface area contributed by atoms with E-state index in [0.29, 0.717) is 18.5 Å². The SMILES string of the molecule is CN=C(NCc1ncc(C(C)(C)C)o1)NC1CCN(CCOC)CC1. The highest BCUT2D eigenvalue weighted by molar-refractivity contribution is 5.79. The van der Waals surface area contributed by atoms with Crippen LogP contribution >= 0.6 is 0 Å². The van der Waals surface area contributed by atoms with Crippen molar-refractivity contribution < 1.29 is 9.15 Å². The summed E-state index contributed by atoms with van der Waals surface area (Å²) >= 11 is 0. The average Bonchev–Trinajstić information content (AvgIpc) is 3.07. The monoisotopic (exact) mass is 351 g/mol. The highest BCUT2D eigenvalue weighted by Gasteiger charge is 2.21. The predicted octanol–water partition coefficient (Wildman–Crippen LogP) is 1.75. The molecule has 0 saturated carbocycles. The molecule has 142 valence electrons. The summed E-state index contributed by atoms with van der Waals surface area (Å²) in [6.07, 6.45) is 4.03. The molecule has 1 saturated heterocycles. The molecule has 0 atom stereocenters. The van der Waals surface area contributed by atoms with Crippen molar-refractivity contribution in [2.24, 2.45) is 4.99 Å². The third kappa shape index (κ3) is 6.32. The molecule has 2 N–H and O–H groups in total. The smallest absolute Gasteiger partial charge is 0.213 e. The number of hydrogen-bond acceptors (Lipinski definition) is 5.